The summed E-state index contributed by atoms with van der Waals surface area (Å²) in [4.78, 5) is 26.8. The van der Waals surface area contributed by atoms with Gasteiger partial charge in [-0.15, -0.1) is 6.42 Å². The normalized spacial score (nSPS) is 18.8. The Bertz CT molecular complexity index is 1670. The summed E-state index contributed by atoms with van der Waals surface area (Å²) in [5, 5.41) is 3.40. The fourth-order valence-electron chi connectivity index (χ4n) is 5.44. The van der Waals surface area contributed by atoms with E-state index in [1.807, 2.05) is 6.07 Å². The topological polar surface area (TPSA) is 103 Å². The van der Waals surface area contributed by atoms with Gasteiger partial charge in [0.15, 0.2) is 21.4 Å². The van der Waals surface area contributed by atoms with E-state index in [1.54, 1.807) is 36.4 Å². The quantitative estimate of drug-likeness (QED) is 0.324. The number of fused-ring (bicyclic) bond motifs is 1. The molecule has 2 aliphatic carbocycles. The third kappa shape index (κ3) is 6.15. The number of rotatable bonds is 9. The molecular weight excluding hydrogens is 552 g/mol. The number of ketones is 1. The summed E-state index contributed by atoms with van der Waals surface area (Å²) in [5.41, 5.74) is 0.463. The van der Waals surface area contributed by atoms with Crippen LogP contribution in [0.15, 0.2) is 46.9 Å². The molecule has 0 radical (unpaired) electrons. The molecular formula is C31H31F2NO6S. The Labute approximate surface area is 237 Å². The molecule has 216 valence electrons. The van der Waals surface area contributed by atoms with E-state index in [-0.39, 0.29) is 36.6 Å². The van der Waals surface area contributed by atoms with Crippen LogP contribution >= 0.6 is 0 Å². The molecule has 2 saturated carbocycles. The second kappa shape index (κ2) is 10.3. The Morgan fingerprint density at radius 2 is 1.68 bits per heavy atom. The summed E-state index contributed by atoms with van der Waals surface area (Å²) >= 11 is 0. The fraction of sp³-hybridized carbons (Fsp3) is 0.419. The van der Waals surface area contributed by atoms with Crippen molar-refractivity contribution in [1.82, 2.24) is 5.32 Å². The van der Waals surface area contributed by atoms with Gasteiger partial charge in [0.2, 0.25) is 5.92 Å². The second-order valence-corrected chi connectivity index (χ2v) is 13.5. The van der Waals surface area contributed by atoms with Crippen LogP contribution in [-0.4, -0.2) is 44.9 Å². The smallest absolute Gasteiger partial charge is 0.287 e. The van der Waals surface area contributed by atoms with Crippen LogP contribution in [0.2, 0.25) is 0 Å². The highest BCUT2D eigenvalue weighted by Crippen LogP contribution is 2.50. The van der Waals surface area contributed by atoms with Gasteiger partial charge in [-0.1, -0.05) is 30.2 Å². The van der Waals surface area contributed by atoms with E-state index in [9.17, 15) is 26.8 Å². The lowest BCUT2D eigenvalue weighted by atomic mass is 9.74. The predicted molar refractivity (Wildman–Crippen MR) is 150 cm³/mol. The van der Waals surface area contributed by atoms with Crippen LogP contribution in [0.25, 0.3) is 22.1 Å². The lowest BCUT2D eigenvalue weighted by Crippen LogP contribution is -2.58. The zero-order chi connectivity index (χ0) is 29.6. The molecule has 2 fully saturated rings. The zero-order valence-electron chi connectivity index (χ0n) is 22.9. The van der Waals surface area contributed by atoms with Crippen LogP contribution in [0, 0.1) is 17.8 Å². The molecule has 1 N–H and O–H groups in total. The molecule has 5 rings (SSSR count). The lowest BCUT2D eigenvalue weighted by Gasteiger charge is -2.39. The second-order valence-electron chi connectivity index (χ2n) is 11.4. The van der Waals surface area contributed by atoms with Crippen molar-refractivity contribution in [3.05, 3.63) is 53.8 Å². The van der Waals surface area contributed by atoms with Gasteiger partial charge in [-0.05, 0) is 55.0 Å². The lowest BCUT2D eigenvalue weighted by molar-refractivity contribution is -0.131. The molecule has 41 heavy (non-hydrogen) atoms. The van der Waals surface area contributed by atoms with Gasteiger partial charge in [0, 0.05) is 41.9 Å². The van der Waals surface area contributed by atoms with Gasteiger partial charge in [-0.25, -0.2) is 17.2 Å². The van der Waals surface area contributed by atoms with Crippen LogP contribution < -0.4 is 10.1 Å². The van der Waals surface area contributed by atoms with Gasteiger partial charge < -0.3 is 14.5 Å². The number of alkyl halides is 2. The molecule has 1 heterocycles. The maximum Gasteiger partial charge on any atom is 0.287 e. The monoisotopic (exact) mass is 583 g/mol. The summed E-state index contributed by atoms with van der Waals surface area (Å²) in [6, 6.07) is 12.1. The number of furan rings is 1. The highest BCUT2D eigenvalue weighted by atomic mass is 32.2. The molecule has 0 aliphatic heterocycles. The number of Topliss-reactive ketones (excluding diaryl/α,β-unsaturated/α-hetero) is 1. The number of hydrogen-bond donors (Lipinski definition) is 1. The van der Waals surface area contributed by atoms with Crippen molar-refractivity contribution in [3.63, 3.8) is 0 Å². The van der Waals surface area contributed by atoms with Crippen LogP contribution in [0.3, 0.4) is 0 Å². The van der Waals surface area contributed by atoms with E-state index in [0.29, 0.717) is 35.1 Å². The van der Waals surface area contributed by atoms with Crippen molar-refractivity contribution in [2.75, 3.05) is 13.4 Å². The van der Waals surface area contributed by atoms with E-state index < -0.39 is 45.5 Å². The molecule has 10 heteroatoms. The van der Waals surface area contributed by atoms with E-state index >= 15 is 0 Å². The molecule has 0 atom stereocenters. The van der Waals surface area contributed by atoms with Crippen molar-refractivity contribution in [1.29, 1.82) is 0 Å². The minimum atomic E-state index is -3.26. The van der Waals surface area contributed by atoms with Crippen molar-refractivity contribution in [2.24, 2.45) is 5.41 Å². The van der Waals surface area contributed by atoms with E-state index in [0.717, 1.165) is 17.4 Å². The molecule has 3 aromatic rings. The molecule has 7 nitrogen and oxygen atoms in total. The molecule has 0 spiro atoms. The number of benzene rings is 2. The Morgan fingerprint density at radius 3 is 2.29 bits per heavy atom. The standard InChI is InChI=1S/C31H31F2NO6S/c1-4-29(9-10-29)18-27(35)30(11-13-31(32,33)14-12-30)34-28(36)26-17-22-7-5-21(16-25(22)40-26)20-6-8-23(19-41(3,37)38)24(15-20)39-2/h1,5-8,15-17H,9-14,18-19H2,2-3H3,(H,34,36). The average Bonchev–Trinajstić information content (AvgIpc) is 3.56. The predicted octanol–water partition coefficient (Wildman–Crippen LogP) is 5.70. The summed E-state index contributed by atoms with van der Waals surface area (Å²) in [7, 11) is -1.79. The van der Waals surface area contributed by atoms with Crippen LogP contribution in [0.4, 0.5) is 8.78 Å². The van der Waals surface area contributed by atoms with Crippen molar-refractivity contribution >= 4 is 32.5 Å². The fourth-order valence-corrected chi connectivity index (χ4v) is 6.25. The zero-order valence-corrected chi connectivity index (χ0v) is 23.7. The van der Waals surface area contributed by atoms with Gasteiger partial charge >= 0.3 is 0 Å². The van der Waals surface area contributed by atoms with Crippen LogP contribution in [0.5, 0.6) is 5.75 Å². The molecule has 0 saturated heterocycles. The first-order valence-corrected chi connectivity index (χ1v) is 15.4. The molecule has 1 amide bonds. The summed E-state index contributed by atoms with van der Waals surface area (Å²) < 4.78 is 62.9. The summed E-state index contributed by atoms with van der Waals surface area (Å²) in [5.74, 6) is -0.964. The third-order valence-corrected chi connectivity index (χ3v) is 9.00. The molecule has 1 aromatic heterocycles. The number of nitrogens with one attached hydrogen (secondary N) is 1. The Morgan fingerprint density at radius 1 is 1.02 bits per heavy atom. The number of terminal acetylenes is 1. The number of methoxy groups -OCH3 is 1. The number of carbonyl (C=O) groups is 2. The minimum Gasteiger partial charge on any atom is -0.496 e. The highest BCUT2D eigenvalue weighted by Gasteiger charge is 2.52. The minimum absolute atomic E-state index is 0.0409. The largest absolute Gasteiger partial charge is 0.496 e. The van der Waals surface area contributed by atoms with Crippen LogP contribution in [0.1, 0.15) is 61.1 Å². The Balaban J connectivity index is 1.40. The van der Waals surface area contributed by atoms with E-state index in [4.69, 9.17) is 15.6 Å². The SMILES string of the molecule is C#CC1(CC(=O)C2(NC(=O)c3cc4ccc(-c5ccc(CS(C)(=O)=O)c(OC)c5)cc4o3)CCC(F)(F)CC2)CC1. The number of sulfone groups is 1. The summed E-state index contributed by atoms with van der Waals surface area (Å²) in [6.07, 6.45) is 6.87. The number of hydrogen-bond acceptors (Lipinski definition) is 6. The Hall–Kier alpha value is -3.71. The van der Waals surface area contributed by atoms with Gasteiger partial charge in [0.1, 0.15) is 11.3 Å². The summed E-state index contributed by atoms with van der Waals surface area (Å²) in [6.45, 7) is 0. The van der Waals surface area contributed by atoms with E-state index in [2.05, 4.69) is 11.2 Å². The van der Waals surface area contributed by atoms with Crippen LogP contribution in [-0.2, 0) is 20.4 Å². The van der Waals surface area contributed by atoms with Gasteiger partial charge in [-0.3, -0.25) is 9.59 Å². The molecule has 2 aromatic carbocycles. The Kier molecular flexibility index (Phi) is 7.23. The highest BCUT2D eigenvalue weighted by molar-refractivity contribution is 7.89. The number of ether oxygens (including phenoxy) is 1. The first-order valence-electron chi connectivity index (χ1n) is 13.4. The molecule has 0 bridgehead atoms. The average molecular weight is 584 g/mol. The first kappa shape index (κ1) is 28.8. The molecule has 2 aliphatic rings. The molecule has 0 unspecified atom stereocenters. The number of carbonyl (C=O) groups excluding carboxylic acids is 2. The third-order valence-electron chi connectivity index (χ3n) is 8.16. The van der Waals surface area contributed by atoms with Gasteiger partial charge in [0.05, 0.1) is 18.4 Å². The van der Waals surface area contributed by atoms with Crippen molar-refractivity contribution in [2.45, 2.75) is 62.2 Å². The van der Waals surface area contributed by atoms with Gasteiger partial charge in [-0.2, -0.15) is 0 Å². The first-order chi connectivity index (χ1) is 19.3. The van der Waals surface area contributed by atoms with Crippen molar-refractivity contribution < 1.29 is 35.9 Å². The van der Waals surface area contributed by atoms with Gasteiger partial charge in [0.25, 0.3) is 5.91 Å². The maximum atomic E-state index is 14.0. The maximum absolute atomic E-state index is 14.0. The number of halogens is 2. The van der Waals surface area contributed by atoms with Crippen molar-refractivity contribution in [3.8, 4) is 29.2 Å². The van der Waals surface area contributed by atoms with E-state index in [1.165, 1.54) is 7.11 Å². The number of amides is 1.